The number of benzene rings is 2. The second kappa shape index (κ2) is 8.11. The van der Waals surface area contributed by atoms with E-state index >= 15 is 0 Å². The lowest BCUT2D eigenvalue weighted by molar-refractivity contribution is -0.0498. The average molecular weight is 358 g/mol. The molecule has 2 amide bonds. The highest BCUT2D eigenvalue weighted by Crippen LogP contribution is 2.17. The topological polar surface area (TPSA) is 68.2 Å². The molecule has 3 aromatic rings. The number of hydrogen-bond acceptors (Lipinski definition) is 3. The van der Waals surface area contributed by atoms with Crippen LogP contribution in [-0.4, -0.2) is 22.4 Å². The molecule has 0 atom stereocenters. The summed E-state index contributed by atoms with van der Waals surface area (Å²) < 4.78 is 30.2. The zero-order valence-corrected chi connectivity index (χ0v) is 13.6. The van der Waals surface area contributed by atoms with Gasteiger partial charge in [0.1, 0.15) is 5.75 Å². The van der Waals surface area contributed by atoms with Crippen molar-refractivity contribution in [3.63, 3.8) is 0 Å². The summed E-state index contributed by atoms with van der Waals surface area (Å²) >= 11 is 0. The summed E-state index contributed by atoms with van der Waals surface area (Å²) in [7, 11) is 0. The molecule has 1 heterocycles. The fraction of sp³-hybridized carbons (Fsp3) is 0.111. The number of anilines is 1. The molecule has 6 nitrogen and oxygen atoms in total. The van der Waals surface area contributed by atoms with Gasteiger partial charge in [0.25, 0.3) is 0 Å². The van der Waals surface area contributed by atoms with Crippen LogP contribution in [0.1, 0.15) is 5.56 Å². The number of hydrogen-bond donors (Lipinski definition) is 2. The molecular weight excluding hydrogens is 342 g/mol. The minimum absolute atomic E-state index is 0.0271. The molecule has 0 saturated heterocycles. The summed E-state index contributed by atoms with van der Waals surface area (Å²) in [6, 6.07) is 14.9. The molecule has 0 aliphatic carbocycles. The predicted molar refractivity (Wildman–Crippen MR) is 92.5 cm³/mol. The van der Waals surface area contributed by atoms with Gasteiger partial charge in [0.05, 0.1) is 11.9 Å². The Morgan fingerprint density at radius 1 is 1.12 bits per heavy atom. The number of amides is 2. The maximum atomic E-state index is 12.1. The van der Waals surface area contributed by atoms with Gasteiger partial charge in [-0.05, 0) is 36.4 Å². The Balaban J connectivity index is 1.50. The van der Waals surface area contributed by atoms with Crippen LogP contribution >= 0.6 is 0 Å². The SMILES string of the molecule is O=C(NCc1cnn(-c2ccccc2)c1)Nc1ccc(OC(F)F)cc1. The fourth-order valence-corrected chi connectivity index (χ4v) is 2.25. The van der Waals surface area contributed by atoms with Crippen molar-refractivity contribution in [2.45, 2.75) is 13.2 Å². The van der Waals surface area contributed by atoms with Crippen LogP contribution in [-0.2, 0) is 6.54 Å². The van der Waals surface area contributed by atoms with E-state index in [0.717, 1.165) is 11.3 Å². The lowest BCUT2D eigenvalue weighted by atomic mass is 10.3. The molecule has 2 aromatic carbocycles. The van der Waals surface area contributed by atoms with Crippen LogP contribution in [0.2, 0.25) is 0 Å². The van der Waals surface area contributed by atoms with Gasteiger partial charge in [0.15, 0.2) is 0 Å². The number of carbonyl (C=O) groups is 1. The quantitative estimate of drug-likeness (QED) is 0.704. The largest absolute Gasteiger partial charge is 0.435 e. The van der Waals surface area contributed by atoms with Gasteiger partial charge < -0.3 is 15.4 Å². The Morgan fingerprint density at radius 2 is 1.85 bits per heavy atom. The van der Waals surface area contributed by atoms with Crippen molar-refractivity contribution in [2.24, 2.45) is 0 Å². The molecule has 0 bridgehead atoms. The van der Waals surface area contributed by atoms with E-state index in [1.54, 1.807) is 10.9 Å². The summed E-state index contributed by atoms with van der Waals surface area (Å²) in [5.41, 5.74) is 2.23. The van der Waals surface area contributed by atoms with Crippen LogP contribution < -0.4 is 15.4 Å². The molecule has 8 heteroatoms. The summed E-state index contributed by atoms with van der Waals surface area (Å²) in [6.07, 6.45) is 3.50. The number of halogens is 2. The molecule has 0 spiro atoms. The van der Waals surface area contributed by atoms with Crippen molar-refractivity contribution in [2.75, 3.05) is 5.32 Å². The van der Waals surface area contributed by atoms with Crippen molar-refractivity contribution >= 4 is 11.7 Å². The summed E-state index contributed by atoms with van der Waals surface area (Å²) in [6.45, 7) is -2.58. The number of carbonyl (C=O) groups excluding carboxylic acids is 1. The van der Waals surface area contributed by atoms with Gasteiger partial charge in [-0.25, -0.2) is 9.48 Å². The molecule has 0 fully saturated rings. The Bertz CT molecular complexity index is 851. The number of urea groups is 1. The van der Waals surface area contributed by atoms with Crippen LogP contribution in [0.25, 0.3) is 5.69 Å². The Hall–Kier alpha value is -3.42. The van der Waals surface area contributed by atoms with E-state index in [4.69, 9.17) is 0 Å². The third kappa shape index (κ3) is 4.79. The molecule has 1 aromatic heterocycles. The first-order valence-corrected chi connectivity index (χ1v) is 7.79. The highest BCUT2D eigenvalue weighted by Gasteiger charge is 2.06. The van der Waals surface area contributed by atoms with E-state index in [-0.39, 0.29) is 5.75 Å². The van der Waals surface area contributed by atoms with Gasteiger partial charge in [-0.15, -0.1) is 0 Å². The second-order valence-electron chi connectivity index (χ2n) is 5.34. The van der Waals surface area contributed by atoms with Gasteiger partial charge in [-0.2, -0.15) is 13.9 Å². The number of ether oxygens (including phenoxy) is 1. The number of rotatable bonds is 6. The number of aromatic nitrogens is 2. The minimum Gasteiger partial charge on any atom is -0.435 e. The normalized spacial score (nSPS) is 10.6. The van der Waals surface area contributed by atoms with Crippen molar-refractivity contribution < 1.29 is 18.3 Å². The van der Waals surface area contributed by atoms with Gasteiger partial charge in [0.2, 0.25) is 0 Å². The van der Waals surface area contributed by atoms with Crippen molar-refractivity contribution in [1.29, 1.82) is 0 Å². The van der Waals surface area contributed by atoms with E-state index in [1.165, 1.54) is 24.3 Å². The Kier molecular flexibility index (Phi) is 5.43. The molecule has 3 rings (SSSR count). The van der Waals surface area contributed by atoms with E-state index in [2.05, 4.69) is 20.5 Å². The highest BCUT2D eigenvalue weighted by molar-refractivity contribution is 5.89. The number of para-hydroxylation sites is 1. The molecule has 26 heavy (non-hydrogen) atoms. The zero-order chi connectivity index (χ0) is 18.4. The maximum Gasteiger partial charge on any atom is 0.387 e. The third-order valence-electron chi connectivity index (χ3n) is 3.45. The predicted octanol–water partition coefficient (Wildman–Crippen LogP) is 3.80. The van der Waals surface area contributed by atoms with Crippen LogP contribution in [0.5, 0.6) is 5.75 Å². The van der Waals surface area contributed by atoms with E-state index in [9.17, 15) is 13.6 Å². The van der Waals surface area contributed by atoms with Crippen LogP contribution in [0.4, 0.5) is 19.3 Å². The number of nitrogens with one attached hydrogen (secondary N) is 2. The van der Waals surface area contributed by atoms with Crippen molar-refractivity contribution in [3.05, 3.63) is 72.6 Å². The van der Waals surface area contributed by atoms with Crippen molar-refractivity contribution in [1.82, 2.24) is 15.1 Å². The van der Waals surface area contributed by atoms with Gasteiger partial charge in [0, 0.05) is 24.0 Å². The maximum absolute atomic E-state index is 12.1. The highest BCUT2D eigenvalue weighted by atomic mass is 19.3. The average Bonchev–Trinajstić information content (AvgIpc) is 3.11. The monoisotopic (exact) mass is 358 g/mol. The van der Waals surface area contributed by atoms with E-state index in [0.29, 0.717) is 12.2 Å². The standard InChI is InChI=1S/C18H16F2N4O2/c19-17(20)26-16-8-6-14(7-9-16)23-18(25)21-10-13-11-22-24(12-13)15-4-2-1-3-5-15/h1-9,11-12,17H,10H2,(H2,21,23,25). The van der Waals surface area contributed by atoms with Gasteiger partial charge in [-0.3, -0.25) is 0 Å². The molecule has 0 aliphatic rings. The van der Waals surface area contributed by atoms with E-state index < -0.39 is 12.6 Å². The minimum atomic E-state index is -2.88. The summed E-state index contributed by atoms with van der Waals surface area (Å²) in [5.74, 6) is 0.0271. The third-order valence-corrected chi connectivity index (χ3v) is 3.45. The van der Waals surface area contributed by atoms with Crippen LogP contribution in [0, 0.1) is 0 Å². The fourth-order valence-electron chi connectivity index (χ4n) is 2.25. The molecular formula is C18H16F2N4O2. The molecule has 134 valence electrons. The van der Waals surface area contributed by atoms with Gasteiger partial charge in [-0.1, -0.05) is 18.2 Å². The summed E-state index contributed by atoms with van der Waals surface area (Å²) in [5, 5.41) is 9.57. The zero-order valence-electron chi connectivity index (χ0n) is 13.6. The first kappa shape index (κ1) is 17.4. The lowest BCUT2D eigenvalue weighted by Crippen LogP contribution is -2.28. The van der Waals surface area contributed by atoms with Crippen LogP contribution in [0.15, 0.2) is 67.0 Å². The smallest absolute Gasteiger partial charge is 0.387 e. The molecule has 2 N–H and O–H groups in total. The Labute approximate surface area is 148 Å². The molecule has 0 radical (unpaired) electrons. The number of alkyl halides is 2. The van der Waals surface area contributed by atoms with E-state index in [1.807, 2.05) is 36.5 Å². The molecule has 0 aliphatic heterocycles. The Morgan fingerprint density at radius 3 is 2.54 bits per heavy atom. The van der Waals surface area contributed by atoms with Gasteiger partial charge >= 0.3 is 12.6 Å². The van der Waals surface area contributed by atoms with Crippen molar-refractivity contribution in [3.8, 4) is 11.4 Å². The first-order valence-electron chi connectivity index (χ1n) is 7.79. The molecule has 0 saturated carbocycles. The van der Waals surface area contributed by atoms with Crippen LogP contribution in [0.3, 0.4) is 0 Å². The first-order chi connectivity index (χ1) is 12.6. The summed E-state index contributed by atoms with van der Waals surface area (Å²) in [4.78, 5) is 11.9. The number of nitrogens with zero attached hydrogens (tertiary/aromatic N) is 2. The second-order valence-corrected chi connectivity index (χ2v) is 5.34. The lowest BCUT2D eigenvalue weighted by Gasteiger charge is -2.08. The molecule has 0 unspecified atom stereocenters.